The van der Waals surface area contributed by atoms with Crippen LogP contribution in [-0.2, 0) is 4.79 Å². The number of carbonyl (C=O) groups excluding carboxylic acids is 1. The van der Waals surface area contributed by atoms with Gasteiger partial charge in [0, 0.05) is 0 Å². The summed E-state index contributed by atoms with van der Waals surface area (Å²) in [5.41, 5.74) is 7.44. The summed E-state index contributed by atoms with van der Waals surface area (Å²) >= 11 is 7.66. The fraction of sp³-hybridized carbons (Fsp3) is 0.417. The summed E-state index contributed by atoms with van der Waals surface area (Å²) in [6.45, 7) is 1.94. The van der Waals surface area contributed by atoms with Crippen LogP contribution in [-0.4, -0.2) is 24.0 Å². The Morgan fingerprint density at radius 3 is 2.83 bits per heavy atom. The number of rotatable bonds is 5. The lowest BCUT2D eigenvalue weighted by molar-refractivity contribution is -0.117. The molecule has 0 aromatic heterocycles. The molecule has 0 saturated carbocycles. The Hall–Kier alpha value is -0.420. The standard InChI is InChI=1S/C12H17ClN2OS.ClH/c1-8-3-4-9(13)11(7-8)15-12(16)10(14)5-6-17-2;/h3-4,7,10H,5-6,14H2,1-2H3,(H,15,16);1H/t10-;/m0./s1. The lowest BCUT2D eigenvalue weighted by atomic mass is 10.2. The SMILES string of the molecule is CSCC[C@H](N)C(=O)Nc1cc(C)ccc1Cl.Cl. The second-order valence-corrected chi connectivity index (χ2v) is 5.25. The highest BCUT2D eigenvalue weighted by molar-refractivity contribution is 7.98. The van der Waals surface area contributed by atoms with Crippen LogP contribution in [0.25, 0.3) is 0 Å². The quantitative estimate of drug-likeness (QED) is 0.879. The molecule has 0 aliphatic rings. The molecule has 1 atom stereocenters. The van der Waals surface area contributed by atoms with Crippen LogP contribution < -0.4 is 11.1 Å². The fourth-order valence-corrected chi connectivity index (χ4v) is 1.99. The first-order valence-electron chi connectivity index (χ1n) is 5.36. The van der Waals surface area contributed by atoms with E-state index in [4.69, 9.17) is 17.3 Å². The number of benzene rings is 1. The molecule has 0 radical (unpaired) electrons. The van der Waals surface area contributed by atoms with Crippen molar-refractivity contribution in [2.24, 2.45) is 5.73 Å². The Balaban J connectivity index is 0.00000289. The lowest BCUT2D eigenvalue weighted by Crippen LogP contribution is -2.36. The summed E-state index contributed by atoms with van der Waals surface area (Å²) in [6.07, 6.45) is 2.65. The van der Waals surface area contributed by atoms with Crippen LogP contribution in [0.15, 0.2) is 18.2 Å². The first-order valence-corrected chi connectivity index (χ1v) is 7.13. The van der Waals surface area contributed by atoms with Gasteiger partial charge in [-0.25, -0.2) is 0 Å². The normalized spacial score (nSPS) is 11.6. The van der Waals surface area contributed by atoms with E-state index in [-0.39, 0.29) is 18.3 Å². The zero-order chi connectivity index (χ0) is 12.8. The maximum Gasteiger partial charge on any atom is 0.241 e. The van der Waals surface area contributed by atoms with Gasteiger partial charge in [-0.2, -0.15) is 11.8 Å². The topological polar surface area (TPSA) is 55.1 Å². The van der Waals surface area contributed by atoms with Crippen LogP contribution in [0.1, 0.15) is 12.0 Å². The highest BCUT2D eigenvalue weighted by Crippen LogP contribution is 2.22. The number of hydrogen-bond acceptors (Lipinski definition) is 3. The smallest absolute Gasteiger partial charge is 0.241 e. The molecule has 0 spiro atoms. The third-order valence-corrected chi connectivity index (χ3v) is 3.32. The van der Waals surface area contributed by atoms with E-state index in [0.29, 0.717) is 17.1 Å². The summed E-state index contributed by atoms with van der Waals surface area (Å²) in [5, 5.41) is 3.28. The van der Waals surface area contributed by atoms with Crippen molar-refractivity contribution in [3.05, 3.63) is 28.8 Å². The Morgan fingerprint density at radius 2 is 2.22 bits per heavy atom. The first-order chi connectivity index (χ1) is 8.04. The van der Waals surface area contributed by atoms with Gasteiger partial charge < -0.3 is 11.1 Å². The lowest BCUT2D eigenvalue weighted by Gasteiger charge is -2.13. The van der Waals surface area contributed by atoms with E-state index in [1.807, 2.05) is 25.3 Å². The van der Waals surface area contributed by atoms with Crippen molar-refractivity contribution < 1.29 is 4.79 Å². The van der Waals surface area contributed by atoms with E-state index in [9.17, 15) is 4.79 Å². The number of nitrogens with one attached hydrogen (secondary N) is 1. The molecular formula is C12H18Cl2N2OS. The third-order valence-electron chi connectivity index (χ3n) is 2.35. The molecule has 6 heteroatoms. The molecule has 0 unspecified atom stereocenters. The van der Waals surface area contributed by atoms with E-state index in [1.54, 1.807) is 17.8 Å². The van der Waals surface area contributed by atoms with Gasteiger partial charge in [0.2, 0.25) is 5.91 Å². The Kier molecular flexibility index (Phi) is 8.44. The van der Waals surface area contributed by atoms with Crippen LogP contribution in [0.3, 0.4) is 0 Å². The molecule has 1 amide bonds. The number of anilines is 1. The molecule has 18 heavy (non-hydrogen) atoms. The summed E-state index contributed by atoms with van der Waals surface area (Å²) in [6, 6.07) is 5.01. The highest BCUT2D eigenvalue weighted by Gasteiger charge is 2.14. The van der Waals surface area contributed by atoms with Gasteiger partial charge in [0.1, 0.15) is 0 Å². The zero-order valence-corrected chi connectivity index (χ0v) is 12.8. The number of aryl methyl sites for hydroxylation is 1. The molecule has 0 aliphatic carbocycles. The monoisotopic (exact) mass is 308 g/mol. The van der Waals surface area contributed by atoms with Gasteiger partial charge in [0.05, 0.1) is 16.8 Å². The predicted molar refractivity (Wildman–Crippen MR) is 83.0 cm³/mol. The number of hydrogen-bond donors (Lipinski definition) is 2. The number of amides is 1. The first kappa shape index (κ1) is 17.6. The van der Waals surface area contributed by atoms with Crippen molar-refractivity contribution >= 4 is 47.4 Å². The number of thioether (sulfide) groups is 1. The zero-order valence-electron chi connectivity index (χ0n) is 10.4. The van der Waals surface area contributed by atoms with Gasteiger partial charge in [-0.15, -0.1) is 12.4 Å². The molecule has 0 saturated heterocycles. The highest BCUT2D eigenvalue weighted by atomic mass is 35.5. The Morgan fingerprint density at radius 1 is 1.56 bits per heavy atom. The summed E-state index contributed by atoms with van der Waals surface area (Å²) < 4.78 is 0. The van der Waals surface area contributed by atoms with Crippen molar-refractivity contribution in [3.8, 4) is 0 Å². The Labute approximate surface area is 123 Å². The van der Waals surface area contributed by atoms with Gasteiger partial charge in [0.15, 0.2) is 0 Å². The van der Waals surface area contributed by atoms with Crippen molar-refractivity contribution in [1.82, 2.24) is 0 Å². The van der Waals surface area contributed by atoms with Crippen LogP contribution in [0.5, 0.6) is 0 Å². The van der Waals surface area contributed by atoms with Crippen LogP contribution >= 0.6 is 35.8 Å². The minimum atomic E-state index is -0.487. The number of nitrogens with two attached hydrogens (primary N) is 1. The van der Waals surface area contributed by atoms with Crippen molar-refractivity contribution in [1.29, 1.82) is 0 Å². The maximum absolute atomic E-state index is 11.8. The summed E-state index contributed by atoms with van der Waals surface area (Å²) in [4.78, 5) is 11.8. The second kappa shape index (κ2) is 8.64. The average Bonchev–Trinajstić information content (AvgIpc) is 2.30. The molecule has 0 fully saturated rings. The van der Waals surface area contributed by atoms with Crippen molar-refractivity contribution in [2.75, 3.05) is 17.3 Å². The van der Waals surface area contributed by atoms with Gasteiger partial charge >= 0.3 is 0 Å². The van der Waals surface area contributed by atoms with E-state index in [2.05, 4.69) is 5.32 Å². The van der Waals surface area contributed by atoms with E-state index >= 15 is 0 Å². The van der Waals surface area contributed by atoms with E-state index in [1.165, 1.54) is 0 Å². The van der Waals surface area contributed by atoms with E-state index in [0.717, 1.165) is 11.3 Å². The third kappa shape index (κ3) is 5.48. The maximum atomic E-state index is 11.8. The van der Waals surface area contributed by atoms with Crippen LogP contribution in [0, 0.1) is 6.92 Å². The minimum absolute atomic E-state index is 0. The van der Waals surface area contributed by atoms with E-state index < -0.39 is 6.04 Å². The molecule has 0 aliphatic heterocycles. The summed E-state index contributed by atoms with van der Waals surface area (Å²) in [7, 11) is 0. The Bertz CT molecular complexity index is 402. The van der Waals surface area contributed by atoms with Gasteiger partial charge in [0.25, 0.3) is 0 Å². The average molecular weight is 309 g/mol. The van der Waals surface area contributed by atoms with Gasteiger partial charge in [-0.05, 0) is 43.0 Å². The van der Waals surface area contributed by atoms with Gasteiger partial charge in [-0.3, -0.25) is 4.79 Å². The van der Waals surface area contributed by atoms with Gasteiger partial charge in [-0.1, -0.05) is 17.7 Å². The molecule has 1 rings (SSSR count). The van der Waals surface area contributed by atoms with Crippen LogP contribution in [0.2, 0.25) is 5.02 Å². The predicted octanol–water partition coefficient (Wildman–Crippen LogP) is 3.09. The molecular weight excluding hydrogens is 291 g/mol. The molecule has 0 heterocycles. The largest absolute Gasteiger partial charge is 0.323 e. The molecule has 1 aromatic carbocycles. The molecule has 3 N–H and O–H groups in total. The fourth-order valence-electron chi connectivity index (χ4n) is 1.34. The molecule has 102 valence electrons. The molecule has 0 bridgehead atoms. The van der Waals surface area contributed by atoms with Crippen molar-refractivity contribution in [3.63, 3.8) is 0 Å². The number of carbonyl (C=O) groups is 1. The number of halogens is 2. The summed E-state index contributed by atoms with van der Waals surface area (Å²) in [5.74, 6) is 0.683. The molecule has 1 aromatic rings. The second-order valence-electron chi connectivity index (χ2n) is 3.86. The van der Waals surface area contributed by atoms with Crippen LogP contribution in [0.4, 0.5) is 5.69 Å². The minimum Gasteiger partial charge on any atom is -0.323 e. The molecule has 3 nitrogen and oxygen atoms in total. The van der Waals surface area contributed by atoms with Crippen molar-refractivity contribution in [2.45, 2.75) is 19.4 Å².